The van der Waals surface area contributed by atoms with E-state index in [-0.39, 0.29) is 0 Å². The van der Waals surface area contributed by atoms with Crippen molar-refractivity contribution in [1.82, 2.24) is 0 Å². The van der Waals surface area contributed by atoms with Crippen molar-refractivity contribution in [2.24, 2.45) is 0 Å². The predicted molar refractivity (Wildman–Crippen MR) is 113 cm³/mol. The highest BCUT2D eigenvalue weighted by Crippen LogP contribution is 2.42. The third kappa shape index (κ3) is 4.08. The minimum atomic E-state index is -0.551. The summed E-state index contributed by atoms with van der Waals surface area (Å²) in [4.78, 5) is 26.1. The molecule has 0 radical (unpaired) electrons. The van der Waals surface area contributed by atoms with Crippen molar-refractivity contribution in [2.45, 2.75) is 6.61 Å². The van der Waals surface area contributed by atoms with Crippen LogP contribution in [0.2, 0.25) is 0 Å². The predicted octanol–water partition coefficient (Wildman–Crippen LogP) is 4.12. The van der Waals surface area contributed by atoms with Crippen LogP contribution < -0.4 is 19.5 Å². The zero-order valence-corrected chi connectivity index (χ0v) is 17.2. The summed E-state index contributed by atoms with van der Waals surface area (Å²) in [6.07, 6.45) is 0. The van der Waals surface area contributed by atoms with Gasteiger partial charge in [0.15, 0.2) is 6.61 Å². The maximum Gasteiger partial charge on any atom is 0.348 e. The second kappa shape index (κ2) is 8.46. The van der Waals surface area contributed by atoms with E-state index in [0.29, 0.717) is 28.7 Å². The number of ether oxygens (including phenoxy) is 4. The molecule has 0 atom stereocenters. The number of amides is 1. The largest absolute Gasteiger partial charge is 0.497 e. The Bertz CT molecular complexity index is 1080. The normalized spacial score (nSPS) is 11.5. The first kappa shape index (κ1) is 19.8. The number of carbonyl (C=O) groups excluding carboxylic acids is 2. The minimum absolute atomic E-state index is 0.397. The Morgan fingerprint density at radius 1 is 1.07 bits per heavy atom. The SMILES string of the molecule is COc1cc(NC(=O)COC(=O)c2cc3c(s2)-c2ccccc2OC3)cc(OC)c1. The molecule has 1 amide bonds. The number of hydrogen-bond donors (Lipinski definition) is 1. The fourth-order valence-electron chi connectivity index (χ4n) is 3.08. The van der Waals surface area contributed by atoms with Gasteiger partial charge in [0.2, 0.25) is 0 Å². The van der Waals surface area contributed by atoms with Crippen molar-refractivity contribution in [3.05, 3.63) is 59.0 Å². The van der Waals surface area contributed by atoms with Crippen molar-refractivity contribution in [1.29, 1.82) is 0 Å². The maximum absolute atomic E-state index is 12.5. The number of para-hydroxylation sites is 1. The van der Waals surface area contributed by atoms with Crippen LogP contribution in [0.25, 0.3) is 10.4 Å². The van der Waals surface area contributed by atoms with Crippen LogP contribution in [-0.2, 0) is 16.1 Å². The molecule has 0 saturated heterocycles. The molecule has 4 rings (SSSR count). The Labute approximate surface area is 177 Å². The molecule has 1 aliphatic rings. The molecule has 0 unspecified atom stereocenters. The monoisotopic (exact) mass is 425 g/mol. The number of carbonyl (C=O) groups is 2. The van der Waals surface area contributed by atoms with E-state index in [0.717, 1.165) is 21.8 Å². The summed E-state index contributed by atoms with van der Waals surface area (Å²) < 4.78 is 21.3. The summed E-state index contributed by atoms with van der Waals surface area (Å²) in [5.41, 5.74) is 2.36. The average molecular weight is 425 g/mol. The van der Waals surface area contributed by atoms with E-state index in [2.05, 4.69) is 5.32 Å². The topological polar surface area (TPSA) is 83.1 Å². The van der Waals surface area contributed by atoms with Gasteiger partial charge in [-0.15, -0.1) is 11.3 Å². The van der Waals surface area contributed by atoms with Crippen LogP contribution in [0, 0.1) is 0 Å². The van der Waals surface area contributed by atoms with Crippen LogP contribution >= 0.6 is 11.3 Å². The molecule has 0 bridgehead atoms. The second-order valence-corrected chi connectivity index (χ2v) is 7.53. The lowest BCUT2D eigenvalue weighted by atomic mass is 10.1. The highest BCUT2D eigenvalue weighted by atomic mass is 32.1. The lowest BCUT2D eigenvalue weighted by molar-refractivity contribution is -0.119. The number of esters is 1. The van der Waals surface area contributed by atoms with Gasteiger partial charge in [0.25, 0.3) is 5.91 Å². The highest BCUT2D eigenvalue weighted by Gasteiger charge is 2.23. The van der Waals surface area contributed by atoms with E-state index in [9.17, 15) is 9.59 Å². The smallest absolute Gasteiger partial charge is 0.348 e. The summed E-state index contributed by atoms with van der Waals surface area (Å²) in [6.45, 7) is -0.0116. The number of thiophene rings is 1. The number of anilines is 1. The third-order valence-corrected chi connectivity index (χ3v) is 5.69. The van der Waals surface area contributed by atoms with Gasteiger partial charge in [-0.25, -0.2) is 4.79 Å². The standard InChI is InChI=1S/C22H19NO6S/c1-26-15-8-14(9-16(10-15)27-2)23-20(24)12-29-22(25)19-7-13-11-28-18-6-4-3-5-17(18)21(13)30-19/h3-10H,11-12H2,1-2H3,(H,23,24). The molecule has 154 valence electrons. The molecule has 1 N–H and O–H groups in total. The first-order valence-corrected chi connectivity index (χ1v) is 9.94. The van der Waals surface area contributed by atoms with Gasteiger partial charge in [0.1, 0.15) is 28.7 Å². The lowest BCUT2D eigenvalue weighted by Crippen LogP contribution is -2.20. The summed E-state index contributed by atoms with van der Waals surface area (Å²) in [5.74, 6) is 0.848. The van der Waals surface area contributed by atoms with Gasteiger partial charge < -0.3 is 24.3 Å². The van der Waals surface area contributed by atoms with Gasteiger partial charge in [0.05, 0.1) is 14.2 Å². The van der Waals surface area contributed by atoms with E-state index in [1.165, 1.54) is 25.6 Å². The van der Waals surface area contributed by atoms with Crippen LogP contribution in [0.5, 0.6) is 17.2 Å². The van der Waals surface area contributed by atoms with Crippen molar-refractivity contribution in [3.8, 4) is 27.7 Å². The number of rotatable bonds is 6. The lowest BCUT2D eigenvalue weighted by Gasteiger charge is -2.16. The summed E-state index contributed by atoms with van der Waals surface area (Å²) in [5, 5.41) is 2.67. The van der Waals surface area contributed by atoms with Gasteiger partial charge in [-0.1, -0.05) is 12.1 Å². The summed E-state index contributed by atoms with van der Waals surface area (Å²) >= 11 is 1.33. The molecule has 2 aromatic carbocycles. The Kier molecular flexibility index (Phi) is 5.58. The summed E-state index contributed by atoms with van der Waals surface area (Å²) in [6, 6.07) is 14.4. The molecule has 2 heterocycles. The van der Waals surface area contributed by atoms with Crippen molar-refractivity contribution < 1.29 is 28.5 Å². The van der Waals surface area contributed by atoms with Gasteiger partial charge in [-0.05, 0) is 18.2 Å². The van der Waals surface area contributed by atoms with Crippen LogP contribution in [-0.4, -0.2) is 32.7 Å². The molecule has 7 nitrogen and oxygen atoms in total. The molecule has 30 heavy (non-hydrogen) atoms. The molecule has 1 aromatic heterocycles. The maximum atomic E-state index is 12.5. The third-order valence-electron chi connectivity index (χ3n) is 4.49. The van der Waals surface area contributed by atoms with E-state index < -0.39 is 18.5 Å². The van der Waals surface area contributed by atoms with E-state index in [4.69, 9.17) is 18.9 Å². The highest BCUT2D eigenvalue weighted by molar-refractivity contribution is 7.17. The number of nitrogens with one attached hydrogen (secondary N) is 1. The summed E-state index contributed by atoms with van der Waals surface area (Å²) in [7, 11) is 3.04. The Balaban J connectivity index is 1.40. The van der Waals surface area contributed by atoms with Gasteiger partial charge in [-0.2, -0.15) is 0 Å². The van der Waals surface area contributed by atoms with Gasteiger partial charge >= 0.3 is 5.97 Å². The molecule has 0 fully saturated rings. The fourth-order valence-corrected chi connectivity index (χ4v) is 4.17. The first-order chi connectivity index (χ1) is 14.6. The van der Waals surface area contributed by atoms with Crippen molar-refractivity contribution in [3.63, 3.8) is 0 Å². The molecule has 0 saturated carbocycles. The molecular weight excluding hydrogens is 406 g/mol. The average Bonchev–Trinajstić information content (AvgIpc) is 3.22. The quantitative estimate of drug-likeness (QED) is 0.598. The van der Waals surface area contributed by atoms with E-state index in [1.807, 2.05) is 24.3 Å². The van der Waals surface area contributed by atoms with Crippen molar-refractivity contribution >= 4 is 28.9 Å². The van der Waals surface area contributed by atoms with Crippen LogP contribution in [0.15, 0.2) is 48.5 Å². The number of benzene rings is 2. The van der Waals surface area contributed by atoms with Gasteiger partial charge in [-0.3, -0.25) is 4.79 Å². The second-order valence-electron chi connectivity index (χ2n) is 6.48. The number of methoxy groups -OCH3 is 2. The zero-order valence-electron chi connectivity index (χ0n) is 16.4. The zero-order chi connectivity index (χ0) is 21.1. The van der Waals surface area contributed by atoms with Crippen LogP contribution in [0.1, 0.15) is 15.2 Å². The van der Waals surface area contributed by atoms with Crippen molar-refractivity contribution in [2.75, 3.05) is 26.1 Å². The minimum Gasteiger partial charge on any atom is -0.497 e. The van der Waals surface area contributed by atoms with E-state index >= 15 is 0 Å². The Hall–Kier alpha value is -3.52. The molecule has 8 heteroatoms. The Morgan fingerprint density at radius 3 is 2.53 bits per heavy atom. The molecule has 1 aliphatic heterocycles. The molecule has 0 aliphatic carbocycles. The van der Waals surface area contributed by atoms with Crippen LogP contribution in [0.3, 0.4) is 0 Å². The van der Waals surface area contributed by atoms with Gasteiger partial charge in [0, 0.05) is 39.9 Å². The molecule has 0 spiro atoms. The fraction of sp³-hybridized carbons (Fsp3) is 0.182. The number of fused-ring (bicyclic) bond motifs is 3. The Morgan fingerprint density at radius 2 is 1.80 bits per heavy atom. The van der Waals surface area contributed by atoms with Crippen LogP contribution in [0.4, 0.5) is 5.69 Å². The number of hydrogen-bond acceptors (Lipinski definition) is 7. The molecule has 3 aromatic rings. The molecular formula is C22H19NO6S. The van der Waals surface area contributed by atoms with E-state index in [1.54, 1.807) is 24.3 Å². The first-order valence-electron chi connectivity index (χ1n) is 9.12.